The van der Waals surface area contributed by atoms with Crippen molar-refractivity contribution in [2.24, 2.45) is 5.92 Å². The largest absolute Gasteiger partial charge is 0.396 e. The molecule has 1 fully saturated rings. The molecule has 0 bridgehead atoms. The van der Waals surface area contributed by atoms with Crippen LogP contribution in [0.3, 0.4) is 0 Å². The maximum absolute atomic E-state index is 9.67. The third-order valence-corrected chi connectivity index (χ3v) is 3.11. The number of aliphatic hydroxyl groups is 2. The van der Waals surface area contributed by atoms with Crippen molar-refractivity contribution in [2.45, 2.75) is 19.4 Å². The quantitative estimate of drug-likeness (QED) is 0.799. The highest BCUT2D eigenvalue weighted by Crippen LogP contribution is 2.28. The Bertz CT molecular complexity index is 355. The maximum Gasteiger partial charge on any atom is 0.134 e. The van der Waals surface area contributed by atoms with Gasteiger partial charge in [0.15, 0.2) is 0 Å². The predicted octanol–water partition coefficient (Wildman–Crippen LogP) is 0.954. The lowest BCUT2D eigenvalue weighted by atomic mass is 10.1. The van der Waals surface area contributed by atoms with Gasteiger partial charge in [-0.3, -0.25) is 0 Å². The zero-order chi connectivity index (χ0) is 11.5. The number of aromatic nitrogens is 1. The number of rotatable bonds is 3. The van der Waals surface area contributed by atoms with Crippen LogP contribution in [0.4, 0.5) is 5.82 Å². The minimum atomic E-state index is -0.503. The Hall–Kier alpha value is -1.13. The molecule has 0 aliphatic carbocycles. The van der Waals surface area contributed by atoms with Crippen LogP contribution in [0.5, 0.6) is 0 Å². The Balaban J connectivity index is 2.20. The SMILES string of the molecule is C[C@H](O)c1cccnc1N1CCC(CO)C1. The Labute approximate surface area is 95.5 Å². The standard InChI is InChI=1S/C12H18N2O2/c1-9(16)11-3-2-5-13-12(11)14-6-4-10(7-14)8-15/h2-3,5,9-10,15-16H,4,6-8H2,1H3/t9-,10?/m0/s1. The molecule has 0 radical (unpaired) electrons. The molecule has 1 unspecified atom stereocenters. The van der Waals surface area contributed by atoms with Gasteiger partial charge < -0.3 is 15.1 Å². The number of aliphatic hydroxyl groups excluding tert-OH is 2. The van der Waals surface area contributed by atoms with Crippen LogP contribution in [0.1, 0.15) is 25.0 Å². The van der Waals surface area contributed by atoms with Gasteiger partial charge in [0.2, 0.25) is 0 Å². The van der Waals surface area contributed by atoms with E-state index in [4.69, 9.17) is 5.11 Å². The Morgan fingerprint density at radius 2 is 2.44 bits per heavy atom. The van der Waals surface area contributed by atoms with E-state index in [0.717, 1.165) is 30.9 Å². The van der Waals surface area contributed by atoms with Gasteiger partial charge in [-0.15, -0.1) is 0 Å². The third-order valence-electron chi connectivity index (χ3n) is 3.11. The second kappa shape index (κ2) is 4.80. The molecule has 0 amide bonds. The number of pyridine rings is 1. The molecular formula is C12H18N2O2. The van der Waals surface area contributed by atoms with Gasteiger partial charge in [0.25, 0.3) is 0 Å². The van der Waals surface area contributed by atoms with Crippen LogP contribution in [0, 0.1) is 5.92 Å². The number of hydrogen-bond donors (Lipinski definition) is 2. The first-order chi connectivity index (χ1) is 7.72. The van der Waals surface area contributed by atoms with Crippen molar-refractivity contribution in [3.63, 3.8) is 0 Å². The molecule has 1 aromatic heterocycles. The van der Waals surface area contributed by atoms with Crippen molar-refractivity contribution in [3.05, 3.63) is 23.9 Å². The molecule has 2 rings (SSSR count). The number of anilines is 1. The molecule has 88 valence electrons. The van der Waals surface area contributed by atoms with Gasteiger partial charge >= 0.3 is 0 Å². The van der Waals surface area contributed by atoms with Crippen molar-refractivity contribution >= 4 is 5.82 Å². The van der Waals surface area contributed by atoms with E-state index in [1.165, 1.54) is 0 Å². The zero-order valence-electron chi connectivity index (χ0n) is 9.50. The van der Waals surface area contributed by atoms with Crippen LogP contribution >= 0.6 is 0 Å². The van der Waals surface area contributed by atoms with Crippen molar-refractivity contribution in [2.75, 3.05) is 24.6 Å². The van der Waals surface area contributed by atoms with Crippen LogP contribution in [-0.2, 0) is 0 Å². The molecule has 16 heavy (non-hydrogen) atoms. The van der Waals surface area contributed by atoms with E-state index in [-0.39, 0.29) is 6.61 Å². The second-order valence-corrected chi connectivity index (χ2v) is 4.38. The summed E-state index contributed by atoms with van der Waals surface area (Å²) in [5.41, 5.74) is 0.862. The Morgan fingerprint density at radius 3 is 3.06 bits per heavy atom. The predicted molar refractivity (Wildman–Crippen MR) is 62.3 cm³/mol. The minimum Gasteiger partial charge on any atom is -0.396 e. The van der Waals surface area contributed by atoms with Gasteiger partial charge in [-0.2, -0.15) is 0 Å². The van der Waals surface area contributed by atoms with Gasteiger partial charge in [0, 0.05) is 37.4 Å². The highest BCUT2D eigenvalue weighted by Gasteiger charge is 2.25. The monoisotopic (exact) mass is 222 g/mol. The van der Waals surface area contributed by atoms with E-state index >= 15 is 0 Å². The summed E-state index contributed by atoms with van der Waals surface area (Å²) in [6.45, 7) is 3.71. The van der Waals surface area contributed by atoms with E-state index in [1.54, 1.807) is 13.1 Å². The fourth-order valence-electron chi connectivity index (χ4n) is 2.17. The summed E-state index contributed by atoms with van der Waals surface area (Å²) in [5.74, 6) is 1.19. The van der Waals surface area contributed by atoms with E-state index in [0.29, 0.717) is 5.92 Å². The summed E-state index contributed by atoms with van der Waals surface area (Å²) >= 11 is 0. The maximum atomic E-state index is 9.67. The average Bonchev–Trinajstić information content (AvgIpc) is 2.77. The lowest BCUT2D eigenvalue weighted by Gasteiger charge is -2.21. The summed E-state index contributed by atoms with van der Waals surface area (Å²) in [6.07, 6.45) is 2.23. The van der Waals surface area contributed by atoms with E-state index in [1.807, 2.05) is 12.1 Å². The molecule has 2 heterocycles. The molecule has 1 aromatic rings. The number of hydrogen-bond acceptors (Lipinski definition) is 4. The van der Waals surface area contributed by atoms with E-state index < -0.39 is 6.10 Å². The summed E-state index contributed by atoms with van der Waals surface area (Å²) in [6, 6.07) is 3.74. The second-order valence-electron chi connectivity index (χ2n) is 4.38. The van der Waals surface area contributed by atoms with Gasteiger partial charge in [-0.1, -0.05) is 6.07 Å². The zero-order valence-corrected chi connectivity index (χ0v) is 9.50. The van der Waals surface area contributed by atoms with Gasteiger partial charge in [0.1, 0.15) is 5.82 Å². The van der Waals surface area contributed by atoms with Crippen molar-refractivity contribution in [1.29, 1.82) is 0 Å². The molecule has 2 atom stereocenters. The normalized spacial score (nSPS) is 22.4. The van der Waals surface area contributed by atoms with Gasteiger partial charge in [-0.05, 0) is 19.4 Å². The van der Waals surface area contributed by atoms with Crippen LogP contribution in [0.15, 0.2) is 18.3 Å². The first-order valence-electron chi connectivity index (χ1n) is 5.71. The molecular weight excluding hydrogens is 204 g/mol. The topological polar surface area (TPSA) is 56.6 Å². The molecule has 0 spiro atoms. The van der Waals surface area contributed by atoms with Crippen LogP contribution < -0.4 is 4.90 Å². The molecule has 4 nitrogen and oxygen atoms in total. The molecule has 2 N–H and O–H groups in total. The van der Waals surface area contributed by atoms with E-state index in [9.17, 15) is 5.11 Å². The molecule has 1 saturated heterocycles. The van der Waals surface area contributed by atoms with Crippen LogP contribution in [0.2, 0.25) is 0 Å². The van der Waals surface area contributed by atoms with Gasteiger partial charge in [0.05, 0.1) is 6.10 Å². The summed E-state index contributed by atoms with van der Waals surface area (Å²) in [5, 5.41) is 18.8. The summed E-state index contributed by atoms with van der Waals surface area (Å²) in [4.78, 5) is 6.48. The molecule has 1 aliphatic heterocycles. The molecule has 1 aliphatic rings. The van der Waals surface area contributed by atoms with Crippen LogP contribution in [0.25, 0.3) is 0 Å². The van der Waals surface area contributed by atoms with Gasteiger partial charge in [-0.25, -0.2) is 4.98 Å². The highest BCUT2D eigenvalue weighted by atomic mass is 16.3. The Kier molecular flexibility index (Phi) is 3.41. The smallest absolute Gasteiger partial charge is 0.134 e. The van der Waals surface area contributed by atoms with Crippen molar-refractivity contribution in [1.82, 2.24) is 4.98 Å². The number of nitrogens with zero attached hydrogens (tertiary/aromatic N) is 2. The Morgan fingerprint density at radius 1 is 1.62 bits per heavy atom. The average molecular weight is 222 g/mol. The fourth-order valence-corrected chi connectivity index (χ4v) is 2.17. The highest BCUT2D eigenvalue weighted by molar-refractivity contribution is 5.48. The molecule has 0 aromatic carbocycles. The third kappa shape index (κ3) is 2.18. The fraction of sp³-hybridized carbons (Fsp3) is 0.583. The lowest BCUT2D eigenvalue weighted by molar-refractivity contribution is 0.199. The minimum absolute atomic E-state index is 0.230. The lowest BCUT2D eigenvalue weighted by Crippen LogP contribution is -2.23. The van der Waals surface area contributed by atoms with Crippen molar-refractivity contribution in [3.8, 4) is 0 Å². The van der Waals surface area contributed by atoms with Crippen molar-refractivity contribution < 1.29 is 10.2 Å². The van der Waals surface area contributed by atoms with E-state index in [2.05, 4.69) is 9.88 Å². The first kappa shape index (κ1) is 11.4. The molecule has 0 saturated carbocycles. The summed E-state index contributed by atoms with van der Waals surface area (Å²) < 4.78 is 0. The first-order valence-corrected chi connectivity index (χ1v) is 5.71. The summed E-state index contributed by atoms with van der Waals surface area (Å²) in [7, 11) is 0. The van der Waals surface area contributed by atoms with Crippen LogP contribution in [-0.4, -0.2) is 34.9 Å². The molecule has 4 heteroatoms.